The molecule has 0 amide bonds. The van der Waals surface area contributed by atoms with E-state index in [1.54, 1.807) is 11.9 Å². The zero-order valence-electron chi connectivity index (χ0n) is 17.5. The molecule has 0 radical (unpaired) electrons. The highest BCUT2D eigenvalue weighted by Gasteiger charge is 2.13. The van der Waals surface area contributed by atoms with Crippen LogP contribution < -0.4 is 4.74 Å². The van der Waals surface area contributed by atoms with Crippen molar-refractivity contribution in [1.29, 1.82) is 0 Å². The van der Waals surface area contributed by atoms with Crippen molar-refractivity contribution in [3.8, 4) is 5.75 Å². The third-order valence-electron chi connectivity index (χ3n) is 4.97. The average molecular weight is 404 g/mol. The molecular formula is C26H29NOS. The van der Waals surface area contributed by atoms with Gasteiger partial charge in [0.05, 0.1) is 0 Å². The maximum Gasteiger partial charge on any atom is 0.119 e. The number of hydrogen-bond acceptors (Lipinski definition) is 3. The molecule has 0 saturated carbocycles. The highest BCUT2D eigenvalue weighted by molar-refractivity contribution is 7.96. The van der Waals surface area contributed by atoms with Gasteiger partial charge in [-0.1, -0.05) is 91.7 Å². The second-order valence-corrected chi connectivity index (χ2v) is 7.83. The van der Waals surface area contributed by atoms with Crippen molar-refractivity contribution < 1.29 is 4.74 Å². The molecule has 0 aliphatic rings. The second kappa shape index (κ2) is 10.9. The van der Waals surface area contributed by atoms with E-state index in [0.29, 0.717) is 6.61 Å². The number of likely N-dealkylation sites (N-methyl/N-ethyl adjacent to an activating group) is 1. The number of ether oxygens (including phenoxy) is 1. The molecule has 3 aromatic carbocycles. The van der Waals surface area contributed by atoms with Crippen LogP contribution in [0.15, 0.2) is 84.9 Å². The first-order valence-corrected chi connectivity index (χ1v) is 11.2. The number of nitrogens with zero attached hydrogens (tertiary/aromatic N) is 1. The number of allylic oxidation sites excluding steroid dienone is 1. The molecule has 3 aromatic rings. The van der Waals surface area contributed by atoms with Gasteiger partial charge in [-0.05, 0) is 59.7 Å². The molecule has 0 heterocycles. The van der Waals surface area contributed by atoms with E-state index < -0.39 is 0 Å². The highest BCUT2D eigenvalue weighted by atomic mass is 32.2. The van der Waals surface area contributed by atoms with Gasteiger partial charge in [-0.15, -0.1) is 0 Å². The average Bonchev–Trinajstić information content (AvgIpc) is 2.79. The largest absolute Gasteiger partial charge is 0.492 e. The summed E-state index contributed by atoms with van der Waals surface area (Å²) >= 11 is 1.71. The van der Waals surface area contributed by atoms with Gasteiger partial charge in [-0.3, -0.25) is 4.31 Å². The smallest absolute Gasteiger partial charge is 0.119 e. The summed E-state index contributed by atoms with van der Waals surface area (Å²) in [5.74, 6) is 0.911. The van der Waals surface area contributed by atoms with Crippen LogP contribution in [0, 0.1) is 0 Å². The molecule has 29 heavy (non-hydrogen) atoms. The molecule has 2 nitrogen and oxygen atoms in total. The Morgan fingerprint density at radius 3 is 1.90 bits per heavy atom. The lowest BCUT2D eigenvalue weighted by atomic mass is 9.88. The van der Waals surface area contributed by atoms with Crippen molar-refractivity contribution in [2.75, 3.05) is 26.5 Å². The van der Waals surface area contributed by atoms with Crippen molar-refractivity contribution in [1.82, 2.24) is 4.31 Å². The summed E-state index contributed by atoms with van der Waals surface area (Å²) in [6.45, 7) is 3.80. The van der Waals surface area contributed by atoms with Crippen LogP contribution >= 0.6 is 11.9 Å². The molecule has 0 saturated heterocycles. The van der Waals surface area contributed by atoms with Crippen molar-refractivity contribution in [3.05, 3.63) is 102 Å². The topological polar surface area (TPSA) is 12.5 Å². The Morgan fingerprint density at radius 2 is 1.34 bits per heavy atom. The quantitative estimate of drug-likeness (QED) is 0.293. The third-order valence-corrected chi connectivity index (χ3v) is 5.78. The molecule has 3 heteroatoms. The number of hydrogen-bond donors (Lipinski definition) is 0. The Labute approximate surface area is 179 Å². The first-order valence-electron chi connectivity index (χ1n) is 10.1. The zero-order valence-corrected chi connectivity index (χ0v) is 18.3. The molecule has 0 aliphatic carbocycles. The summed E-state index contributed by atoms with van der Waals surface area (Å²) < 4.78 is 8.08. The molecule has 0 aliphatic heterocycles. The van der Waals surface area contributed by atoms with Crippen LogP contribution in [-0.4, -0.2) is 30.8 Å². The summed E-state index contributed by atoms with van der Waals surface area (Å²) in [6, 6.07) is 29.8. The SMILES string of the molecule is CC/C(=C(\c1ccccc1)c1ccc(OCCN(C)SC)cc1)c1ccccc1. The van der Waals surface area contributed by atoms with Crippen LogP contribution in [0.1, 0.15) is 30.0 Å². The van der Waals surface area contributed by atoms with E-state index in [1.165, 1.54) is 27.8 Å². The van der Waals surface area contributed by atoms with Gasteiger partial charge in [0.15, 0.2) is 0 Å². The predicted octanol–water partition coefficient (Wildman–Crippen LogP) is 6.64. The Hall–Kier alpha value is -2.49. The fraction of sp³-hybridized carbons (Fsp3) is 0.231. The maximum absolute atomic E-state index is 5.92. The summed E-state index contributed by atoms with van der Waals surface area (Å²) in [4.78, 5) is 0. The maximum atomic E-state index is 5.92. The molecule has 0 bridgehead atoms. The standard InChI is InChI=1S/C26H29NOS/c1-4-25(21-11-7-5-8-12-21)26(22-13-9-6-10-14-22)23-15-17-24(18-16-23)28-20-19-27(2)29-3/h5-18H,4,19-20H2,1-3H3/b26-25-. The minimum Gasteiger partial charge on any atom is -0.492 e. The van der Waals surface area contributed by atoms with Gasteiger partial charge in [-0.25, -0.2) is 0 Å². The monoisotopic (exact) mass is 403 g/mol. The van der Waals surface area contributed by atoms with Crippen LogP contribution in [0.2, 0.25) is 0 Å². The van der Waals surface area contributed by atoms with Gasteiger partial charge >= 0.3 is 0 Å². The Bertz CT molecular complexity index is 904. The number of benzene rings is 3. The molecule has 0 N–H and O–H groups in total. The summed E-state index contributed by atoms with van der Waals surface area (Å²) in [6.07, 6.45) is 3.04. The van der Waals surface area contributed by atoms with E-state index in [4.69, 9.17) is 4.74 Å². The highest BCUT2D eigenvalue weighted by Crippen LogP contribution is 2.34. The second-order valence-electron chi connectivity index (χ2n) is 6.85. The summed E-state index contributed by atoms with van der Waals surface area (Å²) in [5, 5.41) is 0. The van der Waals surface area contributed by atoms with E-state index in [0.717, 1.165) is 18.7 Å². The minimum absolute atomic E-state index is 0.683. The molecule has 0 aromatic heterocycles. The first-order chi connectivity index (χ1) is 14.2. The Morgan fingerprint density at radius 1 is 0.793 bits per heavy atom. The molecule has 0 fully saturated rings. The summed E-state index contributed by atoms with van der Waals surface area (Å²) in [5.41, 5.74) is 6.36. The van der Waals surface area contributed by atoms with Crippen LogP contribution in [-0.2, 0) is 0 Å². The van der Waals surface area contributed by atoms with Crippen molar-refractivity contribution in [2.45, 2.75) is 13.3 Å². The van der Waals surface area contributed by atoms with Gasteiger partial charge in [0.25, 0.3) is 0 Å². The van der Waals surface area contributed by atoms with E-state index >= 15 is 0 Å². The normalized spacial score (nSPS) is 12.0. The van der Waals surface area contributed by atoms with Crippen LogP contribution in [0.4, 0.5) is 0 Å². The van der Waals surface area contributed by atoms with Crippen LogP contribution in [0.25, 0.3) is 11.1 Å². The fourth-order valence-electron chi connectivity index (χ4n) is 3.39. The van der Waals surface area contributed by atoms with Crippen LogP contribution in [0.3, 0.4) is 0 Å². The van der Waals surface area contributed by atoms with Crippen molar-refractivity contribution >= 4 is 23.1 Å². The first kappa shape index (κ1) is 21.2. The van der Waals surface area contributed by atoms with Crippen LogP contribution in [0.5, 0.6) is 5.75 Å². The van der Waals surface area contributed by atoms with Crippen molar-refractivity contribution in [2.24, 2.45) is 0 Å². The minimum atomic E-state index is 0.683. The van der Waals surface area contributed by atoms with E-state index in [2.05, 4.69) is 109 Å². The van der Waals surface area contributed by atoms with E-state index in [9.17, 15) is 0 Å². The van der Waals surface area contributed by atoms with E-state index in [1.807, 2.05) is 0 Å². The van der Waals surface area contributed by atoms with Gasteiger partial charge < -0.3 is 4.74 Å². The summed E-state index contributed by atoms with van der Waals surface area (Å²) in [7, 11) is 2.07. The Balaban J connectivity index is 1.94. The van der Waals surface area contributed by atoms with Gasteiger partial charge in [0.2, 0.25) is 0 Å². The lowest BCUT2D eigenvalue weighted by Gasteiger charge is -2.17. The molecule has 150 valence electrons. The van der Waals surface area contributed by atoms with Gasteiger partial charge in [-0.2, -0.15) is 0 Å². The Kier molecular flexibility index (Phi) is 7.97. The van der Waals surface area contributed by atoms with Gasteiger partial charge in [0.1, 0.15) is 12.4 Å². The predicted molar refractivity (Wildman–Crippen MR) is 127 cm³/mol. The zero-order chi connectivity index (χ0) is 20.5. The molecule has 3 rings (SSSR count). The fourth-order valence-corrected chi connectivity index (χ4v) is 3.64. The molecular weight excluding hydrogens is 374 g/mol. The number of rotatable bonds is 9. The van der Waals surface area contributed by atoms with Gasteiger partial charge in [0, 0.05) is 6.54 Å². The van der Waals surface area contributed by atoms with E-state index in [-0.39, 0.29) is 0 Å². The molecule has 0 atom stereocenters. The van der Waals surface area contributed by atoms with Crippen molar-refractivity contribution in [3.63, 3.8) is 0 Å². The lowest BCUT2D eigenvalue weighted by molar-refractivity contribution is 0.294. The third kappa shape index (κ3) is 5.75. The molecule has 0 unspecified atom stereocenters. The molecule has 0 spiro atoms. The lowest BCUT2D eigenvalue weighted by Crippen LogP contribution is -2.17.